The summed E-state index contributed by atoms with van der Waals surface area (Å²) in [4.78, 5) is 25.8. The van der Waals surface area contributed by atoms with Crippen molar-refractivity contribution in [1.82, 2.24) is 4.90 Å². The highest BCUT2D eigenvalue weighted by molar-refractivity contribution is 7.16. The van der Waals surface area contributed by atoms with Gasteiger partial charge in [0.1, 0.15) is 11.1 Å². The number of hydrogen-bond donors (Lipinski definition) is 1. The van der Waals surface area contributed by atoms with Gasteiger partial charge in [-0.2, -0.15) is 5.26 Å². The highest BCUT2D eigenvalue weighted by Gasteiger charge is 2.23. The summed E-state index contributed by atoms with van der Waals surface area (Å²) in [6, 6.07) is 8.22. The van der Waals surface area contributed by atoms with Crippen molar-refractivity contribution in [2.24, 2.45) is 0 Å². The number of nitro benzene ring substituents is 1. The van der Waals surface area contributed by atoms with Crippen molar-refractivity contribution in [2.75, 3.05) is 18.9 Å². The zero-order valence-corrected chi connectivity index (χ0v) is 14.9. The summed E-state index contributed by atoms with van der Waals surface area (Å²) in [6.07, 6.45) is 3.62. The monoisotopic (exact) mass is 368 g/mol. The van der Waals surface area contributed by atoms with Gasteiger partial charge in [-0.25, -0.2) is 0 Å². The Balaban J connectivity index is 1.76. The predicted octanol–water partition coefficient (Wildman–Crippen LogP) is 3.17. The van der Waals surface area contributed by atoms with Crippen LogP contribution in [0.2, 0.25) is 0 Å². The summed E-state index contributed by atoms with van der Waals surface area (Å²) >= 11 is 1.43. The molecule has 7 nitrogen and oxygen atoms in total. The fourth-order valence-corrected chi connectivity index (χ4v) is 4.09. The summed E-state index contributed by atoms with van der Waals surface area (Å²) in [5.41, 5.74) is 2.08. The van der Waals surface area contributed by atoms with E-state index in [1.807, 2.05) is 7.05 Å². The molecule has 1 aliphatic heterocycles. The zero-order valence-electron chi connectivity index (χ0n) is 14.1. The smallest absolute Gasteiger partial charge is 0.270 e. The van der Waals surface area contributed by atoms with Crippen LogP contribution in [0.25, 0.3) is 6.08 Å². The SMILES string of the molecule is CN1CCc2c(sc(NC(=O)/C=C/c3cccc([N+](=O)[O-])c3)c2C#N)C1. The predicted molar refractivity (Wildman–Crippen MR) is 99.8 cm³/mol. The normalized spacial score (nSPS) is 14.0. The van der Waals surface area contributed by atoms with Crippen molar-refractivity contribution in [3.05, 3.63) is 62.0 Å². The molecular formula is C18H16N4O3S. The molecule has 0 bridgehead atoms. The Kier molecular flexibility index (Phi) is 5.11. The maximum absolute atomic E-state index is 12.2. The maximum atomic E-state index is 12.2. The molecule has 3 rings (SSSR count). The first-order chi connectivity index (χ1) is 12.5. The van der Waals surface area contributed by atoms with Gasteiger partial charge in [-0.15, -0.1) is 11.3 Å². The largest absolute Gasteiger partial charge is 0.313 e. The minimum absolute atomic E-state index is 0.0330. The van der Waals surface area contributed by atoms with Crippen LogP contribution in [-0.4, -0.2) is 29.3 Å². The molecule has 0 saturated heterocycles. The topological polar surface area (TPSA) is 99.3 Å². The molecule has 26 heavy (non-hydrogen) atoms. The summed E-state index contributed by atoms with van der Waals surface area (Å²) in [5.74, 6) is -0.375. The molecule has 1 N–H and O–H groups in total. The van der Waals surface area contributed by atoms with Crippen molar-refractivity contribution in [3.63, 3.8) is 0 Å². The summed E-state index contributed by atoms with van der Waals surface area (Å²) in [7, 11) is 2.02. The number of nitrogens with one attached hydrogen (secondary N) is 1. The number of anilines is 1. The molecule has 0 fully saturated rings. The Bertz CT molecular complexity index is 942. The Hall–Kier alpha value is -3.02. The average molecular weight is 368 g/mol. The van der Waals surface area contributed by atoms with E-state index >= 15 is 0 Å². The Morgan fingerprint density at radius 3 is 3.04 bits per heavy atom. The van der Waals surface area contributed by atoms with Crippen LogP contribution in [0.5, 0.6) is 0 Å². The second kappa shape index (κ2) is 7.47. The van der Waals surface area contributed by atoms with Crippen LogP contribution in [0.4, 0.5) is 10.7 Å². The van der Waals surface area contributed by atoms with E-state index in [0.717, 1.165) is 30.0 Å². The fourth-order valence-electron chi connectivity index (χ4n) is 2.81. The number of amides is 1. The van der Waals surface area contributed by atoms with Crippen molar-refractivity contribution >= 4 is 34.0 Å². The van der Waals surface area contributed by atoms with E-state index in [1.54, 1.807) is 12.1 Å². The van der Waals surface area contributed by atoms with E-state index in [0.29, 0.717) is 16.1 Å². The summed E-state index contributed by atoms with van der Waals surface area (Å²) in [5, 5.41) is 23.6. The van der Waals surface area contributed by atoms with Gasteiger partial charge in [0, 0.05) is 36.2 Å². The van der Waals surface area contributed by atoms with Crippen molar-refractivity contribution < 1.29 is 9.72 Å². The van der Waals surface area contributed by atoms with Gasteiger partial charge in [0.25, 0.3) is 5.69 Å². The van der Waals surface area contributed by atoms with E-state index in [2.05, 4.69) is 16.3 Å². The molecule has 2 aromatic rings. The lowest BCUT2D eigenvalue weighted by Gasteiger charge is -2.21. The van der Waals surface area contributed by atoms with Gasteiger partial charge in [-0.1, -0.05) is 12.1 Å². The molecule has 0 atom stereocenters. The lowest BCUT2D eigenvalue weighted by Crippen LogP contribution is -2.25. The van der Waals surface area contributed by atoms with Crippen LogP contribution in [0, 0.1) is 21.4 Å². The molecule has 1 aromatic carbocycles. The first-order valence-corrected chi connectivity index (χ1v) is 8.76. The van der Waals surface area contributed by atoms with Crippen molar-refractivity contribution in [1.29, 1.82) is 5.26 Å². The van der Waals surface area contributed by atoms with Gasteiger partial charge in [0.15, 0.2) is 0 Å². The number of likely N-dealkylation sites (N-methyl/N-ethyl adjacent to an activating group) is 1. The molecule has 8 heteroatoms. The fraction of sp³-hybridized carbons (Fsp3) is 0.222. The lowest BCUT2D eigenvalue weighted by atomic mass is 10.0. The molecule has 1 amide bonds. The Morgan fingerprint density at radius 2 is 2.31 bits per heavy atom. The van der Waals surface area contributed by atoms with Crippen LogP contribution >= 0.6 is 11.3 Å². The number of hydrogen-bond acceptors (Lipinski definition) is 6. The van der Waals surface area contributed by atoms with Gasteiger partial charge in [-0.05, 0) is 30.7 Å². The number of nitro groups is 1. The van der Waals surface area contributed by atoms with Crippen LogP contribution in [0.3, 0.4) is 0 Å². The number of carbonyl (C=O) groups excluding carboxylic acids is 1. The van der Waals surface area contributed by atoms with E-state index in [9.17, 15) is 20.2 Å². The molecule has 1 aliphatic rings. The van der Waals surface area contributed by atoms with Gasteiger partial charge in [0.2, 0.25) is 5.91 Å². The molecule has 0 aliphatic carbocycles. The first kappa shape index (κ1) is 17.8. The Morgan fingerprint density at radius 1 is 1.50 bits per heavy atom. The van der Waals surface area contributed by atoms with Crippen molar-refractivity contribution in [2.45, 2.75) is 13.0 Å². The minimum Gasteiger partial charge on any atom is -0.313 e. The van der Waals surface area contributed by atoms with Crippen LogP contribution in [-0.2, 0) is 17.8 Å². The van der Waals surface area contributed by atoms with Gasteiger partial charge in [-0.3, -0.25) is 14.9 Å². The van der Waals surface area contributed by atoms with Crippen LogP contribution < -0.4 is 5.32 Å². The van der Waals surface area contributed by atoms with E-state index in [1.165, 1.54) is 35.6 Å². The third-order valence-electron chi connectivity index (χ3n) is 4.10. The van der Waals surface area contributed by atoms with Crippen LogP contribution in [0.1, 0.15) is 21.6 Å². The van der Waals surface area contributed by atoms with Gasteiger partial charge >= 0.3 is 0 Å². The average Bonchev–Trinajstić information content (AvgIpc) is 2.96. The molecule has 132 valence electrons. The quantitative estimate of drug-likeness (QED) is 0.508. The third-order valence-corrected chi connectivity index (χ3v) is 5.24. The van der Waals surface area contributed by atoms with Crippen molar-refractivity contribution in [3.8, 4) is 6.07 Å². The number of fused-ring (bicyclic) bond motifs is 1. The number of thiophene rings is 1. The standard InChI is InChI=1S/C18H16N4O3S/c1-21-8-7-14-15(10-19)18(26-16(14)11-21)20-17(23)6-5-12-3-2-4-13(9-12)22(24)25/h2-6,9H,7-8,11H2,1H3,(H,20,23)/b6-5+. The first-order valence-electron chi connectivity index (χ1n) is 7.94. The van der Waals surface area contributed by atoms with Crippen LogP contribution in [0.15, 0.2) is 30.3 Å². The molecular weight excluding hydrogens is 352 g/mol. The summed E-state index contributed by atoms with van der Waals surface area (Å²) < 4.78 is 0. The number of benzene rings is 1. The number of nitriles is 1. The number of non-ortho nitro benzene ring substituents is 1. The minimum atomic E-state index is -0.482. The van der Waals surface area contributed by atoms with Gasteiger partial charge in [0.05, 0.1) is 10.5 Å². The Labute approximate surface area is 154 Å². The molecule has 0 saturated carbocycles. The van der Waals surface area contributed by atoms with E-state index < -0.39 is 4.92 Å². The van der Waals surface area contributed by atoms with E-state index in [-0.39, 0.29) is 11.6 Å². The second-order valence-electron chi connectivity index (χ2n) is 5.98. The van der Waals surface area contributed by atoms with E-state index in [4.69, 9.17) is 0 Å². The molecule has 2 heterocycles. The molecule has 0 unspecified atom stereocenters. The maximum Gasteiger partial charge on any atom is 0.270 e. The number of nitrogens with zero attached hydrogens (tertiary/aromatic N) is 3. The molecule has 0 spiro atoms. The molecule has 0 radical (unpaired) electrons. The highest BCUT2D eigenvalue weighted by atomic mass is 32.1. The second-order valence-corrected chi connectivity index (χ2v) is 7.09. The van der Waals surface area contributed by atoms with Gasteiger partial charge < -0.3 is 10.2 Å². The third kappa shape index (κ3) is 3.79. The highest BCUT2D eigenvalue weighted by Crippen LogP contribution is 2.36. The number of rotatable bonds is 4. The number of carbonyl (C=O) groups is 1. The lowest BCUT2D eigenvalue weighted by molar-refractivity contribution is -0.384. The molecule has 1 aromatic heterocycles. The summed E-state index contributed by atoms with van der Waals surface area (Å²) in [6.45, 7) is 1.66. The zero-order chi connectivity index (χ0) is 18.7.